The molecule has 0 amide bonds. The smallest absolute Gasteiger partial charge is 0.159 e. The van der Waals surface area contributed by atoms with Crippen molar-refractivity contribution in [2.24, 2.45) is 9.98 Å². The third kappa shape index (κ3) is 3.87. The Bertz CT molecular complexity index is 2420. The zero-order chi connectivity index (χ0) is 29.0. The number of rotatable bonds is 4. The van der Waals surface area contributed by atoms with Crippen molar-refractivity contribution in [3.05, 3.63) is 162 Å². The number of nitrogens with zero attached hydrogens (tertiary/aromatic N) is 3. The molecule has 1 aliphatic heterocycles. The second kappa shape index (κ2) is 9.82. The molecule has 1 N–H and O–H groups in total. The summed E-state index contributed by atoms with van der Waals surface area (Å²) >= 11 is 0. The molecule has 2 aromatic heterocycles. The lowest BCUT2D eigenvalue weighted by Gasteiger charge is -2.23. The fourth-order valence-electron chi connectivity index (χ4n) is 6.44. The second-order valence-electron chi connectivity index (χ2n) is 11.1. The summed E-state index contributed by atoms with van der Waals surface area (Å²) in [7, 11) is 0. The van der Waals surface area contributed by atoms with Crippen LogP contribution in [0.4, 0.5) is 0 Å². The Hall–Kier alpha value is -5.94. The number of aliphatic imine (C=N–C) groups is 2. The highest BCUT2D eigenvalue weighted by molar-refractivity contribution is 6.24. The number of hydrogen-bond acceptors (Lipinski definition) is 4. The van der Waals surface area contributed by atoms with E-state index in [1.54, 1.807) is 0 Å². The first kappa shape index (κ1) is 24.6. The Morgan fingerprint density at radius 3 is 2.18 bits per heavy atom. The molecule has 0 saturated heterocycles. The maximum absolute atomic E-state index is 6.32. The minimum atomic E-state index is -0.257. The van der Waals surface area contributed by atoms with Gasteiger partial charge >= 0.3 is 0 Å². The normalized spacial score (nSPS) is 15.0. The number of fused-ring (bicyclic) bond motifs is 7. The van der Waals surface area contributed by atoms with Gasteiger partial charge in [-0.1, -0.05) is 109 Å². The van der Waals surface area contributed by atoms with Gasteiger partial charge in [0.25, 0.3) is 0 Å². The van der Waals surface area contributed by atoms with E-state index in [9.17, 15) is 0 Å². The standard InChI is InChI=1S/C39H26N4O/c1-3-12-25(13-4-1)37-40-38(26-14-5-2-6-15-26)42-39(41-37)27-16-11-17-28(24-27)43-32-20-9-7-18-29(32)30-22-23-34-35(36(30)43)31-19-8-10-21-33(31)44-34/h1-24,37H,(H,40,41,42). The molecule has 0 saturated carbocycles. The first-order valence-electron chi connectivity index (χ1n) is 14.8. The molecule has 0 bridgehead atoms. The largest absolute Gasteiger partial charge is 0.456 e. The van der Waals surface area contributed by atoms with Crippen LogP contribution in [-0.4, -0.2) is 16.2 Å². The quantitative estimate of drug-likeness (QED) is 0.231. The summed E-state index contributed by atoms with van der Waals surface area (Å²) in [5.41, 5.74) is 8.14. The highest BCUT2D eigenvalue weighted by Gasteiger charge is 2.22. The van der Waals surface area contributed by atoms with Crippen LogP contribution in [-0.2, 0) is 0 Å². The van der Waals surface area contributed by atoms with Gasteiger partial charge in [-0.2, -0.15) is 0 Å². The number of furan rings is 1. The number of hydrogen-bond donors (Lipinski definition) is 1. The van der Waals surface area contributed by atoms with Gasteiger partial charge in [-0.25, -0.2) is 9.98 Å². The van der Waals surface area contributed by atoms with Crippen LogP contribution in [0.2, 0.25) is 0 Å². The molecule has 6 aromatic carbocycles. The summed E-state index contributed by atoms with van der Waals surface area (Å²) in [4.78, 5) is 10.2. The molecule has 1 atom stereocenters. The molecule has 0 radical (unpaired) electrons. The molecule has 1 aliphatic rings. The van der Waals surface area contributed by atoms with Gasteiger partial charge in [0.2, 0.25) is 0 Å². The summed E-state index contributed by atoms with van der Waals surface area (Å²) in [5.74, 6) is 1.50. The molecular formula is C39H26N4O. The number of benzene rings is 6. The molecule has 1 unspecified atom stereocenters. The van der Waals surface area contributed by atoms with Crippen LogP contribution >= 0.6 is 0 Å². The lowest BCUT2D eigenvalue weighted by molar-refractivity contribution is 0.669. The van der Waals surface area contributed by atoms with Gasteiger partial charge in [0.15, 0.2) is 5.84 Å². The third-order valence-corrected chi connectivity index (χ3v) is 8.44. The van der Waals surface area contributed by atoms with E-state index < -0.39 is 0 Å². The molecular weight excluding hydrogens is 540 g/mol. The van der Waals surface area contributed by atoms with Gasteiger partial charge in [0, 0.05) is 33.0 Å². The van der Waals surface area contributed by atoms with Crippen molar-refractivity contribution in [3.8, 4) is 5.69 Å². The molecule has 0 spiro atoms. The van der Waals surface area contributed by atoms with Crippen LogP contribution in [0.3, 0.4) is 0 Å². The summed E-state index contributed by atoms with van der Waals surface area (Å²) < 4.78 is 8.67. The lowest BCUT2D eigenvalue weighted by Crippen LogP contribution is -2.33. The minimum absolute atomic E-state index is 0.257. The van der Waals surface area contributed by atoms with Crippen molar-refractivity contribution in [3.63, 3.8) is 0 Å². The van der Waals surface area contributed by atoms with Gasteiger partial charge in [-0.3, -0.25) is 0 Å². The van der Waals surface area contributed by atoms with Crippen LogP contribution in [0.25, 0.3) is 49.4 Å². The number of nitrogens with one attached hydrogen (secondary N) is 1. The fourth-order valence-corrected chi connectivity index (χ4v) is 6.44. The molecule has 9 rings (SSSR count). The molecule has 208 valence electrons. The summed E-state index contributed by atoms with van der Waals surface area (Å²) in [6.45, 7) is 0. The van der Waals surface area contributed by atoms with Crippen LogP contribution in [0, 0.1) is 0 Å². The van der Waals surface area contributed by atoms with E-state index in [-0.39, 0.29) is 6.17 Å². The predicted molar refractivity (Wildman–Crippen MR) is 180 cm³/mol. The highest BCUT2D eigenvalue weighted by Crippen LogP contribution is 2.40. The van der Waals surface area contributed by atoms with E-state index in [2.05, 4.69) is 107 Å². The molecule has 5 nitrogen and oxygen atoms in total. The van der Waals surface area contributed by atoms with Crippen LogP contribution in [0.15, 0.2) is 160 Å². The molecule has 44 heavy (non-hydrogen) atoms. The minimum Gasteiger partial charge on any atom is -0.456 e. The van der Waals surface area contributed by atoms with Crippen molar-refractivity contribution < 1.29 is 4.42 Å². The van der Waals surface area contributed by atoms with Gasteiger partial charge in [0.1, 0.15) is 23.2 Å². The lowest BCUT2D eigenvalue weighted by atomic mass is 10.1. The van der Waals surface area contributed by atoms with E-state index >= 15 is 0 Å². The zero-order valence-electron chi connectivity index (χ0n) is 23.7. The average molecular weight is 567 g/mol. The van der Waals surface area contributed by atoms with Crippen molar-refractivity contribution in [2.75, 3.05) is 0 Å². The fraction of sp³-hybridized carbons (Fsp3) is 0.0256. The summed E-state index contributed by atoms with van der Waals surface area (Å²) in [6, 6.07) is 50.3. The Morgan fingerprint density at radius 1 is 0.591 bits per heavy atom. The van der Waals surface area contributed by atoms with E-state index in [0.29, 0.717) is 5.84 Å². The van der Waals surface area contributed by atoms with E-state index in [0.717, 1.165) is 61.2 Å². The van der Waals surface area contributed by atoms with Crippen molar-refractivity contribution in [1.29, 1.82) is 0 Å². The van der Waals surface area contributed by atoms with Crippen LogP contribution < -0.4 is 5.32 Å². The van der Waals surface area contributed by atoms with Gasteiger partial charge in [-0.15, -0.1) is 0 Å². The van der Waals surface area contributed by atoms with Gasteiger partial charge in [-0.05, 0) is 42.0 Å². The van der Waals surface area contributed by atoms with E-state index in [1.807, 2.05) is 48.5 Å². The summed E-state index contributed by atoms with van der Waals surface area (Å²) in [6.07, 6.45) is -0.257. The van der Waals surface area contributed by atoms with Crippen LogP contribution in [0.5, 0.6) is 0 Å². The Kier molecular flexibility index (Phi) is 5.50. The maximum Gasteiger partial charge on any atom is 0.159 e. The molecule has 0 aliphatic carbocycles. The number of aromatic nitrogens is 1. The van der Waals surface area contributed by atoms with Gasteiger partial charge < -0.3 is 14.3 Å². The first-order valence-corrected chi connectivity index (χ1v) is 14.8. The van der Waals surface area contributed by atoms with Crippen LogP contribution in [0.1, 0.15) is 22.9 Å². The van der Waals surface area contributed by atoms with E-state index in [1.165, 1.54) is 10.8 Å². The third-order valence-electron chi connectivity index (χ3n) is 8.44. The SMILES string of the molecule is c1ccc(C2=NC(c3cccc(-n4c5ccccc5c5ccc6oc7ccccc7c6c54)c3)=NC(c3ccccc3)N2)cc1. The first-order chi connectivity index (χ1) is 21.8. The van der Waals surface area contributed by atoms with Crippen molar-refractivity contribution >= 4 is 55.4 Å². The molecule has 3 heterocycles. The van der Waals surface area contributed by atoms with Crippen molar-refractivity contribution in [1.82, 2.24) is 9.88 Å². The second-order valence-corrected chi connectivity index (χ2v) is 11.1. The zero-order valence-corrected chi connectivity index (χ0v) is 23.7. The Morgan fingerprint density at radius 2 is 1.32 bits per heavy atom. The highest BCUT2D eigenvalue weighted by atomic mass is 16.3. The Labute approximate surface area is 253 Å². The molecule has 5 heteroatoms. The number of para-hydroxylation sites is 2. The summed E-state index contributed by atoms with van der Waals surface area (Å²) in [5, 5.41) is 8.18. The molecule has 0 fully saturated rings. The Balaban J connectivity index is 1.28. The van der Waals surface area contributed by atoms with Gasteiger partial charge in [0.05, 0.1) is 16.4 Å². The topological polar surface area (TPSA) is 54.8 Å². The molecule has 8 aromatic rings. The van der Waals surface area contributed by atoms with Crippen molar-refractivity contribution in [2.45, 2.75) is 6.17 Å². The maximum atomic E-state index is 6.32. The average Bonchev–Trinajstić information content (AvgIpc) is 3.65. The van der Waals surface area contributed by atoms with E-state index in [4.69, 9.17) is 14.4 Å². The monoisotopic (exact) mass is 566 g/mol. The predicted octanol–water partition coefficient (Wildman–Crippen LogP) is 9.18. The number of amidine groups is 2.